The summed E-state index contributed by atoms with van der Waals surface area (Å²) in [4.78, 5) is 8.41. The van der Waals surface area contributed by atoms with E-state index in [9.17, 15) is 22.3 Å². The maximum atomic E-state index is 13.3. The second kappa shape index (κ2) is 9.02. The van der Waals surface area contributed by atoms with E-state index in [1.165, 1.54) is 12.3 Å². The van der Waals surface area contributed by atoms with E-state index in [0.717, 1.165) is 50.8 Å². The van der Waals surface area contributed by atoms with Crippen molar-refractivity contribution >= 4 is 21.5 Å². The van der Waals surface area contributed by atoms with Crippen LogP contribution in [-0.4, -0.2) is 62.2 Å². The van der Waals surface area contributed by atoms with Crippen molar-refractivity contribution in [2.75, 3.05) is 42.3 Å². The molecule has 0 bridgehead atoms. The summed E-state index contributed by atoms with van der Waals surface area (Å²) in [5.74, 6) is -1.53. The zero-order chi connectivity index (χ0) is 21.0. The molecule has 0 saturated carbocycles. The van der Waals surface area contributed by atoms with Crippen LogP contribution in [-0.2, 0) is 10.0 Å². The first-order valence-corrected chi connectivity index (χ1v) is 10.9. The van der Waals surface area contributed by atoms with Crippen molar-refractivity contribution in [2.24, 2.45) is 0 Å². The van der Waals surface area contributed by atoms with Crippen LogP contribution < -0.4 is 9.62 Å². The van der Waals surface area contributed by atoms with Gasteiger partial charge in [0.15, 0.2) is 11.6 Å². The molecule has 1 unspecified atom stereocenters. The molecule has 1 aromatic heterocycles. The minimum Gasteiger partial charge on any atom is -0.392 e. The fraction of sp³-hybridized carbons (Fsp3) is 0.421. The van der Waals surface area contributed by atoms with Gasteiger partial charge in [0.2, 0.25) is 0 Å². The van der Waals surface area contributed by atoms with Crippen molar-refractivity contribution in [3.8, 4) is 0 Å². The molecule has 1 saturated heterocycles. The van der Waals surface area contributed by atoms with Gasteiger partial charge in [0, 0.05) is 45.0 Å². The number of benzene rings is 1. The Morgan fingerprint density at radius 3 is 2.45 bits per heavy atom. The van der Waals surface area contributed by atoms with Gasteiger partial charge in [-0.2, -0.15) is 0 Å². The molecule has 0 amide bonds. The summed E-state index contributed by atoms with van der Waals surface area (Å²) in [6.45, 7) is 5.62. The highest BCUT2D eigenvalue weighted by Gasteiger charge is 2.21. The number of halogens is 2. The van der Waals surface area contributed by atoms with Crippen molar-refractivity contribution in [3.63, 3.8) is 0 Å². The van der Waals surface area contributed by atoms with Crippen LogP contribution in [0.4, 0.5) is 20.3 Å². The molecule has 29 heavy (non-hydrogen) atoms. The third-order valence-corrected chi connectivity index (χ3v) is 6.21. The average Bonchev–Trinajstić information content (AvgIpc) is 2.71. The van der Waals surface area contributed by atoms with E-state index >= 15 is 0 Å². The van der Waals surface area contributed by atoms with E-state index in [4.69, 9.17) is 0 Å². The van der Waals surface area contributed by atoms with Crippen LogP contribution in [0.2, 0.25) is 0 Å². The molecule has 0 aliphatic carbocycles. The molecule has 7 nitrogen and oxygen atoms in total. The van der Waals surface area contributed by atoms with E-state index in [-0.39, 0.29) is 16.7 Å². The van der Waals surface area contributed by atoms with E-state index in [2.05, 4.69) is 14.6 Å². The number of anilines is 2. The van der Waals surface area contributed by atoms with Gasteiger partial charge in [0.25, 0.3) is 10.0 Å². The summed E-state index contributed by atoms with van der Waals surface area (Å²) < 4.78 is 53.4. The number of pyridine rings is 1. The predicted molar refractivity (Wildman–Crippen MR) is 106 cm³/mol. The molecule has 1 aliphatic heterocycles. The maximum Gasteiger partial charge on any atom is 0.263 e. The lowest BCUT2D eigenvalue weighted by Gasteiger charge is -2.36. The fourth-order valence-electron chi connectivity index (χ4n) is 3.08. The van der Waals surface area contributed by atoms with Crippen molar-refractivity contribution in [2.45, 2.75) is 24.3 Å². The maximum absolute atomic E-state index is 13.3. The van der Waals surface area contributed by atoms with Crippen molar-refractivity contribution in [3.05, 3.63) is 48.2 Å². The van der Waals surface area contributed by atoms with Gasteiger partial charge < -0.3 is 10.0 Å². The molecule has 1 aromatic carbocycles. The van der Waals surface area contributed by atoms with Gasteiger partial charge in [0.05, 0.1) is 11.8 Å². The second-order valence-electron chi connectivity index (χ2n) is 6.94. The summed E-state index contributed by atoms with van der Waals surface area (Å²) in [6.07, 6.45) is 1.63. The lowest BCUT2D eigenvalue weighted by atomic mass is 10.2. The smallest absolute Gasteiger partial charge is 0.263 e. The first kappa shape index (κ1) is 21.4. The average molecular weight is 426 g/mol. The quantitative estimate of drug-likeness (QED) is 0.705. The number of aliphatic hydroxyl groups is 1. The Kier molecular flexibility index (Phi) is 6.66. The molecular formula is C19H24F2N4O3S. The monoisotopic (exact) mass is 426 g/mol. The van der Waals surface area contributed by atoms with Crippen LogP contribution in [0, 0.1) is 11.6 Å². The van der Waals surface area contributed by atoms with Crippen molar-refractivity contribution < 1.29 is 22.3 Å². The summed E-state index contributed by atoms with van der Waals surface area (Å²) in [5.41, 5.74) is -0.0710. The van der Waals surface area contributed by atoms with Gasteiger partial charge in [-0.3, -0.25) is 9.62 Å². The molecule has 1 aliphatic rings. The van der Waals surface area contributed by atoms with Crippen LogP contribution in [0.5, 0.6) is 0 Å². The van der Waals surface area contributed by atoms with Crippen LogP contribution in [0.15, 0.2) is 41.4 Å². The normalized spacial score (nSPS) is 16.6. The molecule has 0 spiro atoms. The highest BCUT2D eigenvalue weighted by atomic mass is 32.2. The van der Waals surface area contributed by atoms with Crippen LogP contribution in [0.3, 0.4) is 0 Å². The van der Waals surface area contributed by atoms with Crippen molar-refractivity contribution in [1.29, 1.82) is 0 Å². The summed E-state index contributed by atoms with van der Waals surface area (Å²) in [6, 6.07) is 5.83. The Bertz CT molecular complexity index is 933. The van der Waals surface area contributed by atoms with Crippen molar-refractivity contribution in [1.82, 2.24) is 9.88 Å². The molecule has 1 fully saturated rings. The molecule has 3 rings (SSSR count). The number of hydrogen-bond acceptors (Lipinski definition) is 6. The molecule has 10 heteroatoms. The van der Waals surface area contributed by atoms with Gasteiger partial charge >= 0.3 is 0 Å². The SMILES string of the molecule is CCC(O)CN1CCN(c2ccc(S(=O)(=O)Nc3ccc(F)c(F)c3)cn2)CC1. The standard InChI is InChI=1S/C19H24F2N4O3S/c1-2-15(26)13-24-7-9-25(10-8-24)19-6-4-16(12-22-19)29(27,28)23-14-3-5-17(20)18(21)11-14/h3-6,11-12,15,23,26H,2,7-10,13H2,1H3. The number of nitrogens with one attached hydrogen (secondary N) is 1. The number of hydrogen-bond donors (Lipinski definition) is 2. The summed E-state index contributed by atoms with van der Waals surface area (Å²) in [5, 5.41) is 9.76. The van der Waals surface area contributed by atoms with E-state index in [0.29, 0.717) is 12.4 Å². The van der Waals surface area contributed by atoms with Crippen LogP contribution in [0.25, 0.3) is 0 Å². The Labute approximate surface area is 169 Å². The van der Waals surface area contributed by atoms with Gasteiger partial charge in [-0.25, -0.2) is 22.2 Å². The van der Waals surface area contributed by atoms with Gasteiger partial charge in [0.1, 0.15) is 10.7 Å². The minimum absolute atomic E-state index is 0.0710. The van der Waals surface area contributed by atoms with Crippen LogP contribution >= 0.6 is 0 Å². The molecule has 158 valence electrons. The van der Waals surface area contributed by atoms with Crippen LogP contribution in [0.1, 0.15) is 13.3 Å². The highest BCUT2D eigenvalue weighted by molar-refractivity contribution is 7.92. The van der Waals surface area contributed by atoms with E-state index < -0.39 is 21.7 Å². The zero-order valence-corrected chi connectivity index (χ0v) is 16.9. The number of aliphatic hydroxyl groups excluding tert-OH is 1. The Hall–Kier alpha value is -2.30. The highest BCUT2D eigenvalue weighted by Crippen LogP contribution is 2.20. The third-order valence-electron chi connectivity index (χ3n) is 4.84. The van der Waals surface area contributed by atoms with Gasteiger partial charge in [-0.05, 0) is 30.7 Å². The largest absolute Gasteiger partial charge is 0.392 e. The number of nitrogens with zero attached hydrogens (tertiary/aromatic N) is 3. The minimum atomic E-state index is -3.97. The topological polar surface area (TPSA) is 85.8 Å². The zero-order valence-electron chi connectivity index (χ0n) is 16.1. The molecule has 2 aromatic rings. The Balaban J connectivity index is 1.63. The first-order valence-electron chi connectivity index (χ1n) is 9.38. The first-order chi connectivity index (χ1) is 13.8. The fourth-order valence-corrected chi connectivity index (χ4v) is 4.07. The third kappa shape index (κ3) is 5.40. The summed E-state index contributed by atoms with van der Waals surface area (Å²) in [7, 11) is -3.97. The number of rotatable bonds is 7. The van der Waals surface area contributed by atoms with E-state index in [1.54, 1.807) is 6.07 Å². The number of sulfonamides is 1. The predicted octanol–water partition coefficient (Wildman–Crippen LogP) is 2.05. The molecule has 1 atom stereocenters. The molecule has 2 N–H and O–H groups in total. The Morgan fingerprint density at radius 1 is 1.14 bits per heavy atom. The lowest BCUT2D eigenvalue weighted by molar-refractivity contribution is 0.106. The molecular weight excluding hydrogens is 402 g/mol. The van der Waals surface area contributed by atoms with Gasteiger partial charge in [-0.1, -0.05) is 6.92 Å². The molecule has 2 heterocycles. The Morgan fingerprint density at radius 2 is 1.86 bits per heavy atom. The number of aromatic nitrogens is 1. The van der Waals surface area contributed by atoms with Gasteiger partial charge in [-0.15, -0.1) is 0 Å². The molecule has 0 radical (unpaired) electrons. The number of piperazine rings is 1. The number of β-amino-alcohol motifs (C(OH)–C–C–N with tert-alkyl or cyclic N) is 1. The summed E-state index contributed by atoms with van der Waals surface area (Å²) >= 11 is 0. The lowest BCUT2D eigenvalue weighted by Crippen LogP contribution is -2.48. The second-order valence-corrected chi connectivity index (χ2v) is 8.62. The van der Waals surface area contributed by atoms with E-state index in [1.807, 2.05) is 11.8 Å².